The molecule has 3 heteroatoms. The molecule has 2 aromatic rings. The van der Waals surface area contributed by atoms with Crippen molar-refractivity contribution in [3.8, 4) is 6.07 Å². The van der Waals surface area contributed by atoms with Gasteiger partial charge in [-0.3, -0.25) is 9.80 Å². The molecule has 0 N–H and O–H groups in total. The highest BCUT2D eigenvalue weighted by atomic mass is 15.3. The highest BCUT2D eigenvalue weighted by molar-refractivity contribution is 5.32. The number of nitriles is 1. The van der Waals surface area contributed by atoms with Gasteiger partial charge < -0.3 is 0 Å². The molecule has 1 heterocycles. The number of piperazine rings is 1. The van der Waals surface area contributed by atoms with Crippen molar-refractivity contribution in [2.45, 2.75) is 19.0 Å². The van der Waals surface area contributed by atoms with Crippen LogP contribution in [0, 0.1) is 11.3 Å². The fourth-order valence-electron chi connectivity index (χ4n) is 3.35. The quantitative estimate of drug-likeness (QED) is 0.868. The van der Waals surface area contributed by atoms with Crippen molar-refractivity contribution in [2.75, 3.05) is 26.2 Å². The van der Waals surface area contributed by atoms with Crippen LogP contribution in [0.3, 0.4) is 0 Å². The summed E-state index contributed by atoms with van der Waals surface area (Å²) in [5.41, 5.74) is 2.67. The van der Waals surface area contributed by atoms with Crippen LogP contribution in [0.2, 0.25) is 0 Å². The Kier molecular flexibility index (Phi) is 5.07. The molecule has 1 saturated heterocycles. The van der Waals surface area contributed by atoms with E-state index in [-0.39, 0.29) is 12.1 Å². The van der Waals surface area contributed by atoms with Crippen LogP contribution in [0.4, 0.5) is 0 Å². The maximum atomic E-state index is 9.11. The Morgan fingerprint density at radius 1 is 0.783 bits per heavy atom. The van der Waals surface area contributed by atoms with E-state index in [0.29, 0.717) is 0 Å². The van der Waals surface area contributed by atoms with E-state index >= 15 is 0 Å². The van der Waals surface area contributed by atoms with Gasteiger partial charge in [0.15, 0.2) is 0 Å². The van der Waals surface area contributed by atoms with Crippen LogP contribution in [0.15, 0.2) is 60.7 Å². The van der Waals surface area contributed by atoms with Crippen molar-refractivity contribution in [1.29, 1.82) is 5.26 Å². The second-order valence-corrected chi connectivity index (χ2v) is 6.10. The summed E-state index contributed by atoms with van der Waals surface area (Å²) in [6.07, 6.45) is 0. The third-order valence-electron chi connectivity index (χ3n) is 4.68. The lowest BCUT2D eigenvalue weighted by atomic mass is 9.96. The molecule has 118 valence electrons. The Bertz CT molecular complexity index is 600. The van der Waals surface area contributed by atoms with Gasteiger partial charge in [-0.2, -0.15) is 5.26 Å². The number of benzene rings is 2. The molecule has 1 aliphatic heterocycles. The molecule has 3 nitrogen and oxygen atoms in total. The Morgan fingerprint density at radius 2 is 1.22 bits per heavy atom. The highest BCUT2D eigenvalue weighted by Crippen LogP contribution is 2.29. The summed E-state index contributed by atoms with van der Waals surface area (Å²) >= 11 is 0. The van der Waals surface area contributed by atoms with Gasteiger partial charge >= 0.3 is 0 Å². The topological polar surface area (TPSA) is 30.3 Å². The monoisotopic (exact) mass is 305 g/mol. The molecular weight excluding hydrogens is 282 g/mol. The summed E-state index contributed by atoms with van der Waals surface area (Å²) < 4.78 is 0. The maximum absolute atomic E-state index is 9.11. The molecule has 3 rings (SSSR count). The second kappa shape index (κ2) is 7.41. The van der Waals surface area contributed by atoms with E-state index in [1.807, 2.05) is 6.92 Å². The normalized spacial score (nSPS) is 17.8. The number of rotatable bonds is 4. The fourth-order valence-corrected chi connectivity index (χ4v) is 3.35. The Morgan fingerprint density at radius 3 is 1.65 bits per heavy atom. The van der Waals surface area contributed by atoms with Crippen molar-refractivity contribution in [2.24, 2.45) is 0 Å². The molecule has 0 saturated carbocycles. The maximum Gasteiger partial charge on any atom is 0.0950 e. The third kappa shape index (κ3) is 3.61. The average Bonchev–Trinajstić information content (AvgIpc) is 2.64. The predicted octanol–water partition coefficient (Wildman–Crippen LogP) is 3.31. The van der Waals surface area contributed by atoms with Crippen molar-refractivity contribution in [3.05, 3.63) is 71.8 Å². The first-order valence-corrected chi connectivity index (χ1v) is 8.27. The van der Waals surface area contributed by atoms with Gasteiger partial charge in [-0.25, -0.2) is 0 Å². The van der Waals surface area contributed by atoms with Crippen LogP contribution in [0.25, 0.3) is 0 Å². The van der Waals surface area contributed by atoms with E-state index in [1.165, 1.54) is 11.1 Å². The van der Waals surface area contributed by atoms with Crippen molar-refractivity contribution in [1.82, 2.24) is 9.80 Å². The molecule has 0 aromatic heterocycles. The Balaban J connectivity index is 1.82. The van der Waals surface area contributed by atoms with Gasteiger partial charge in [0.05, 0.1) is 18.2 Å². The number of hydrogen-bond acceptors (Lipinski definition) is 3. The first-order chi connectivity index (χ1) is 11.3. The molecule has 0 amide bonds. The summed E-state index contributed by atoms with van der Waals surface area (Å²) in [5, 5.41) is 9.11. The zero-order valence-corrected chi connectivity index (χ0v) is 13.6. The van der Waals surface area contributed by atoms with Crippen molar-refractivity contribution >= 4 is 0 Å². The largest absolute Gasteiger partial charge is 0.290 e. The minimum atomic E-state index is 0.00375. The van der Waals surface area contributed by atoms with Crippen LogP contribution in [-0.2, 0) is 0 Å². The smallest absolute Gasteiger partial charge is 0.0950 e. The van der Waals surface area contributed by atoms with Crippen LogP contribution in [0.5, 0.6) is 0 Å². The molecule has 1 fully saturated rings. The molecule has 0 radical (unpaired) electrons. The predicted molar refractivity (Wildman–Crippen MR) is 92.9 cm³/mol. The first kappa shape index (κ1) is 15.7. The summed E-state index contributed by atoms with van der Waals surface area (Å²) in [6.45, 7) is 5.86. The summed E-state index contributed by atoms with van der Waals surface area (Å²) in [6, 6.07) is 24.1. The SMILES string of the molecule is C[C@@H](C#N)N1CCN(C(c2ccccc2)c2ccccc2)CC1. The lowest BCUT2D eigenvalue weighted by molar-refractivity contribution is 0.0982. The lowest BCUT2D eigenvalue weighted by Gasteiger charge is -2.40. The van der Waals surface area contributed by atoms with Crippen LogP contribution in [-0.4, -0.2) is 42.0 Å². The Labute approximate surface area is 138 Å². The molecule has 0 unspecified atom stereocenters. The minimum absolute atomic E-state index is 0.00375. The van der Waals surface area contributed by atoms with Gasteiger partial charge in [-0.15, -0.1) is 0 Å². The Hall–Kier alpha value is -2.15. The number of nitrogens with zero attached hydrogens (tertiary/aromatic N) is 3. The third-order valence-corrected chi connectivity index (χ3v) is 4.68. The first-order valence-electron chi connectivity index (χ1n) is 8.27. The molecule has 1 atom stereocenters. The van der Waals surface area contributed by atoms with Gasteiger partial charge in [0.2, 0.25) is 0 Å². The standard InChI is InChI=1S/C20H23N3/c1-17(16-21)22-12-14-23(15-13-22)20(18-8-4-2-5-9-18)19-10-6-3-7-11-19/h2-11,17,20H,12-15H2,1H3/t17-/m0/s1. The van der Waals surface area contributed by atoms with E-state index in [0.717, 1.165) is 26.2 Å². The van der Waals surface area contributed by atoms with E-state index in [9.17, 15) is 0 Å². The van der Waals surface area contributed by atoms with Gasteiger partial charge in [-0.05, 0) is 18.1 Å². The van der Waals surface area contributed by atoms with Crippen LogP contribution >= 0.6 is 0 Å². The van der Waals surface area contributed by atoms with E-state index in [2.05, 4.69) is 76.5 Å². The van der Waals surface area contributed by atoms with E-state index in [4.69, 9.17) is 5.26 Å². The zero-order valence-electron chi connectivity index (χ0n) is 13.6. The molecular formula is C20H23N3. The fraction of sp³-hybridized carbons (Fsp3) is 0.350. The summed E-state index contributed by atoms with van der Waals surface area (Å²) in [7, 11) is 0. The van der Waals surface area contributed by atoms with Crippen molar-refractivity contribution in [3.63, 3.8) is 0 Å². The molecule has 0 aliphatic carbocycles. The van der Waals surface area contributed by atoms with Crippen LogP contribution in [0.1, 0.15) is 24.1 Å². The van der Waals surface area contributed by atoms with E-state index in [1.54, 1.807) is 0 Å². The zero-order chi connectivity index (χ0) is 16.1. The highest BCUT2D eigenvalue weighted by Gasteiger charge is 2.27. The molecule has 0 spiro atoms. The van der Waals surface area contributed by atoms with Gasteiger partial charge in [0, 0.05) is 26.2 Å². The average molecular weight is 305 g/mol. The van der Waals surface area contributed by atoms with Gasteiger partial charge in [0.25, 0.3) is 0 Å². The van der Waals surface area contributed by atoms with Gasteiger partial charge in [0.1, 0.15) is 0 Å². The molecule has 2 aromatic carbocycles. The lowest BCUT2D eigenvalue weighted by Crippen LogP contribution is -2.50. The molecule has 0 bridgehead atoms. The van der Waals surface area contributed by atoms with Gasteiger partial charge in [-0.1, -0.05) is 60.7 Å². The van der Waals surface area contributed by atoms with Crippen LogP contribution < -0.4 is 0 Å². The van der Waals surface area contributed by atoms with E-state index < -0.39 is 0 Å². The number of hydrogen-bond donors (Lipinski definition) is 0. The summed E-state index contributed by atoms with van der Waals surface area (Å²) in [5.74, 6) is 0. The molecule has 1 aliphatic rings. The minimum Gasteiger partial charge on any atom is -0.290 e. The van der Waals surface area contributed by atoms with Crippen molar-refractivity contribution < 1.29 is 0 Å². The molecule has 23 heavy (non-hydrogen) atoms. The summed E-state index contributed by atoms with van der Waals surface area (Å²) in [4.78, 5) is 4.80. The second-order valence-electron chi connectivity index (χ2n) is 6.10.